The number of alkyl halides is 3. The molecule has 3 aromatic carbocycles. The van der Waals surface area contributed by atoms with Crippen LogP contribution >= 0.6 is 11.8 Å². The molecule has 186 valence electrons. The van der Waals surface area contributed by atoms with Gasteiger partial charge in [0.05, 0.1) is 23.0 Å². The Morgan fingerprint density at radius 3 is 2.17 bits per heavy atom. The van der Waals surface area contributed by atoms with E-state index in [1.165, 1.54) is 17.0 Å². The van der Waals surface area contributed by atoms with Crippen LogP contribution in [-0.2, 0) is 28.7 Å². The molecular formula is C27H24F3N3O2S. The molecule has 0 aromatic heterocycles. The number of rotatable bonds is 7. The van der Waals surface area contributed by atoms with Gasteiger partial charge in [0, 0.05) is 13.0 Å². The Morgan fingerprint density at radius 1 is 0.944 bits per heavy atom. The van der Waals surface area contributed by atoms with Crippen LogP contribution in [0.25, 0.3) is 0 Å². The molecule has 9 heteroatoms. The van der Waals surface area contributed by atoms with Crippen LogP contribution < -0.4 is 5.32 Å². The first-order valence-electron chi connectivity index (χ1n) is 11.4. The summed E-state index contributed by atoms with van der Waals surface area (Å²) in [5.74, 6) is -0.546. The Morgan fingerprint density at radius 2 is 1.56 bits per heavy atom. The predicted molar refractivity (Wildman–Crippen MR) is 135 cm³/mol. The van der Waals surface area contributed by atoms with Crippen LogP contribution in [0.1, 0.15) is 23.1 Å². The Labute approximate surface area is 211 Å². The van der Waals surface area contributed by atoms with Gasteiger partial charge in [0.1, 0.15) is 0 Å². The van der Waals surface area contributed by atoms with Gasteiger partial charge in [-0.15, -0.1) is 0 Å². The standard InChI is InChI=1S/C27H24F3N3O2S/c28-27(29,30)21-11-13-22(14-12-21)32-26-33(18-20-9-5-2-6-10-20)24(34)17-23(36-26)25(35)31-16-15-19-7-3-1-4-8-19/h1-14,23H,15-18H2,(H,31,35)/t23-/m0/s1. The minimum Gasteiger partial charge on any atom is -0.355 e. The van der Waals surface area contributed by atoms with Crippen molar-refractivity contribution in [2.75, 3.05) is 6.54 Å². The van der Waals surface area contributed by atoms with Crippen molar-refractivity contribution >= 4 is 34.4 Å². The zero-order chi connectivity index (χ0) is 25.5. The van der Waals surface area contributed by atoms with Crippen molar-refractivity contribution in [1.82, 2.24) is 10.2 Å². The number of carbonyl (C=O) groups excluding carboxylic acids is 2. The highest BCUT2D eigenvalue weighted by atomic mass is 32.2. The van der Waals surface area contributed by atoms with Crippen molar-refractivity contribution in [2.24, 2.45) is 4.99 Å². The molecule has 1 fully saturated rings. The second kappa shape index (κ2) is 11.4. The summed E-state index contributed by atoms with van der Waals surface area (Å²) >= 11 is 1.14. The molecule has 0 unspecified atom stereocenters. The second-order valence-electron chi connectivity index (χ2n) is 8.24. The van der Waals surface area contributed by atoms with Gasteiger partial charge in [-0.25, -0.2) is 4.99 Å². The molecule has 1 atom stereocenters. The van der Waals surface area contributed by atoms with E-state index in [2.05, 4.69) is 10.3 Å². The molecule has 0 aliphatic carbocycles. The number of halogens is 3. The van der Waals surface area contributed by atoms with Crippen LogP contribution in [0.3, 0.4) is 0 Å². The maximum absolute atomic E-state index is 13.1. The number of hydrogen-bond acceptors (Lipinski definition) is 4. The van der Waals surface area contributed by atoms with Gasteiger partial charge in [-0.1, -0.05) is 72.4 Å². The van der Waals surface area contributed by atoms with Gasteiger partial charge >= 0.3 is 6.18 Å². The van der Waals surface area contributed by atoms with Crippen molar-refractivity contribution in [2.45, 2.75) is 30.8 Å². The topological polar surface area (TPSA) is 61.8 Å². The van der Waals surface area contributed by atoms with Crippen molar-refractivity contribution in [3.8, 4) is 0 Å². The molecule has 36 heavy (non-hydrogen) atoms. The van der Waals surface area contributed by atoms with Crippen LogP contribution in [0.5, 0.6) is 0 Å². The normalized spacial score (nSPS) is 17.3. The Hall–Kier alpha value is -3.59. The van der Waals surface area contributed by atoms with E-state index in [4.69, 9.17) is 0 Å². The van der Waals surface area contributed by atoms with Gasteiger partial charge in [-0.3, -0.25) is 14.5 Å². The number of thioether (sulfide) groups is 1. The highest BCUT2D eigenvalue weighted by Crippen LogP contribution is 2.33. The molecular weight excluding hydrogens is 487 g/mol. The number of aliphatic imine (C=N–C) groups is 1. The van der Waals surface area contributed by atoms with Gasteiger partial charge in [0.15, 0.2) is 5.17 Å². The minimum absolute atomic E-state index is 0.000697. The number of hydrogen-bond donors (Lipinski definition) is 1. The summed E-state index contributed by atoms with van der Waals surface area (Å²) in [6.45, 7) is 0.668. The lowest BCUT2D eigenvalue weighted by Crippen LogP contribution is -2.46. The first-order chi connectivity index (χ1) is 17.3. The first-order valence-corrected chi connectivity index (χ1v) is 12.3. The largest absolute Gasteiger partial charge is 0.416 e. The Kier molecular flexibility index (Phi) is 8.10. The fourth-order valence-corrected chi connectivity index (χ4v) is 4.81. The maximum Gasteiger partial charge on any atom is 0.416 e. The average molecular weight is 512 g/mol. The van der Waals surface area contributed by atoms with Crippen molar-refractivity contribution in [3.63, 3.8) is 0 Å². The zero-order valence-electron chi connectivity index (χ0n) is 19.2. The fraction of sp³-hybridized carbons (Fsp3) is 0.222. The summed E-state index contributed by atoms with van der Waals surface area (Å²) in [6.07, 6.45) is -3.80. The third-order valence-electron chi connectivity index (χ3n) is 5.59. The average Bonchev–Trinajstić information content (AvgIpc) is 2.87. The molecule has 5 nitrogen and oxygen atoms in total. The third kappa shape index (κ3) is 6.75. The maximum atomic E-state index is 13.1. The monoisotopic (exact) mass is 511 g/mol. The molecule has 0 spiro atoms. The smallest absolute Gasteiger partial charge is 0.355 e. The van der Waals surface area contributed by atoms with E-state index in [0.29, 0.717) is 13.0 Å². The van der Waals surface area contributed by atoms with E-state index in [9.17, 15) is 22.8 Å². The summed E-state index contributed by atoms with van der Waals surface area (Å²) < 4.78 is 38.8. The van der Waals surface area contributed by atoms with E-state index in [1.54, 1.807) is 0 Å². The molecule has 4 rings (SSSR count). The summed E-state index contributed by atoms with van der Waals surface area (Å²) in [4.78, 5) is 31.9. The zero-order valence-corrected chi connectivity index (χ0v) is 20.1. The predicted octanol–water partition coefficient (Wildman–Crippen LogP) is 5.59. The van der Waals surface area contributed by atoms with Crippen LogP contribution in [0.15, 0.2) is 89.9 Å². The SMILES string of the molecule is O=C(NCCc1ccccc1)[C@@H]1CC(=O)N(Cc2ccccc2)C(=Nc2ccc(C(F)(F)F)cc2)S1. The van der Waals surface area contributed by atoms with E-state index < -0.39 is 17.0 Å². The molecule has 1 aliphatic rings. The number of carbonyl (C=O) groups is 2. The molecule has 0 saturated carbocycles. The minimum atomic E-state index is -4.45. The lowest BCUT2D eigenvalue weighted by molar-refractivity contribution is -0.137. The van der Waals surface area contributed by atoms with Crippen LogP contribution in [-0.4, -0.2) is 33.7 Å². The van der Waals surface area contributed by atoms with Crippen LogP contribution in [0.4, 0.5) is 18.9 Å². The molecule has 0 radical (unpaired) electrons. The van der Waals surface area contributed by atoms with Crippen molar-refractivity contribution < 1.29 is 22.8 Å². The van der Waals surface area contributed by atoms with Crippen LogP contribution in [0.2, 0.25) is 0 Å². The van der Waals surface area contributed by atoms with Crippen molar-refractivity contribution in [1.29, 1.82) is 0 Å². The van der Waals surface area contributed by atoms with Gasteiger partial charge < -0.3 is 5.32 Å². The highest BCUT2D eigenvalue weighted by molar-refractivity contribution is 8.15. The number of benzene rings is 3. The lowest BCUT2D eigenvalue weighted by atomic mass is 10.1. The Balaban J connectivity index is 1.52. The van der Waals surface area contributed by atoms with Gasteiger partial charge in [-0.05, 0) is 41.8 Å². The Bertz CT molecular complexity index is 1220. The number of amides is 2. The van der Waals surface area contributed by atoms with Gasteiger partial charge in [0.25, 0.3) is 0 Å². The summed E-state index contributed by atoms with van der Waals surface area (Å²) in [6, 6.07) is 23.4. The van der Waals surface area contributed by atoms with E-state index in [-0.39, 0.29) is 35.6 Å². The molecule has 1 N–H and O–H groups in total. The quantitative estimate of drug-likeness (QED) is 0.450. The number of nitrogens with one attached hydrogen (secondary N) is 1. The second-order valence-corrected chi connectivity index (χ2v) is 9.41. The number of nitrogens with zero attached hydrogens (tertiary/aromatic N) is 2. The van der Waals surface area contributed by atoms with Gasteiger partial charge in [-0.2, -0.15) is 13.2 Å². The molecule has 2 amide bonds. The lowest BCUT2D eigenvalue weighted by Gasteiger charge is -2.32. The molecule has 1 saturated heterocycles. The summed E-state index contributed by atoms with van der Waals surface area (Å²) in [5.41, 5.74) is 1.44. The van der Waals surface area contributed by atoms with E-state index >= 15 is 0 Å². The van der Waals surface area contributed by atoms with Crippen LogP contribution in [0, 0.1) is 0 Å². The molecule has 1 heterocycles. The fourth-order valence-electron chi connectivity index (χ4n) is 3.69. The first kappa shape index (κ1) is 25.5. The summed E-state index contributed by atoms with van der Waals surface area (Å²) in [7, 11) is 0. The molecule has 0 bridgehead atoms. The number of amidine groups is 1. The van der Waals surface area contributed by atoms with Crippen molar-refractivity contribution in [3.05, 3.63) is 102 Å². The highest BCUT2D eigenvalue weighted by Gasteiger charge is 2.36. The van der Waals surface area contributed by atoms with Gasteiger partial charge in [0.2, 0.25) is 11.8 Å². The summed E-state index contributed by atoms with van der Waals surface area (Å²) in [5, 5.41) is 2.47. The van der Waals surface area contributed by atoms with E-state index in [1.807, 2.05) is 60.7 Å². The molecule has 1 aliphatic heterocycles. The molecule has 3 aromatic rings. The van der Waals surface area contributed by atoms with E-state index in [0.717, 1.165) is 35.0 Å². The third-order valence-corrected chi connectivity index (χ3v) is 6.78.